The van der Waals surface area contributed by atoms with E-state index in [2.05, 4.69) is 10.4 Å². The Balaban J connectivity index is 1.24. The minimum atomic E-state index is -0.941. The Morgan fingerprint density at radius 3 is 2.76 bits per heavy atom. The summed E-state index contributed by atoms with van der Waals surface area (Å²) in [6.07, 6.45) is -0.941. The molecule has 168 valence electrons. The maximum Gasteiger partial charge on any atom is 0.349 e. The Hall–Kier alpha value is -3.85. The average molecular weight is 464 g/mol. The maximum atomic E-state index is 12.7. The van der Waals surface area contributed by atoms with Crippen LogP contribution in [0.5, 0.6) is 11.5 Å². The lowest BCUT2D eigenvalue weighted by Gasteiger charge is -2.13. The molecule has 4 aromatic rings. The van der Waals surface area contributed by atoms with Gasteiger partial charge >= 0.3 is 5.97 Å². The third kappa shape index (κ3) is 4.14. The van der Waals surface area contributed by atoms with Crippen LogP contribution in [0.4, 0.5) is 0 Å². The molecule has 2 aromatic carbocycles. The van der Waals surface area contributed by atoms with Crippen molar-refractivity contribution in [3.05, 3.63) is 70.7 Å². The first-order chi connectivity index (χ1) is 16.0. The highest BCUT2D eigenvalue weighted by atomic mass is 32.1. The molecule has 1 aliphatic rings. The topological polar surface area (TPSA) is 91.7 Å². The van der Waals surface area contributed by atoms with Gasteiger partial charge in [-0.15, -0.1) is 11.3 Å². The number of benzene rings is 2. The molecule has 0 spiro atoms. The van der Waals surface area contributed by atoms with Gasteiger partial charge in [-0.1, -0.05) is 24.3 Å². The van der Waals surface area contributed by atoms with Gasteiger partial charge in [0.15, 0.2) is 17.6 Å². The number of esters is 1. The van der Waals surface area contributed by atoms with Crippen molar-refractivity contribution in [2.45, 2.75) is 26.5 Å². The van der Waals surface area contributed by atoms with E-state index in [0.717, 1.165) is 27.2 Å². The summed E-state index contributed by atoms with van der Waals surface area (Å²) in [6.45, 7) is 3.93. The fourth-order valence-corrected chi connectivity index (χ4v) is 4.61. The van der Waals surface area contributed by atoms with Gasteiger partial charge < -0.3 is 19.5 Å². The maximum absolute atomic E-state index is 12.7. The number of hydrogen-bond acceptors (Lipinski definition) is 7. The number of amides is 1. The first-order valence-corrected chi connectivity index (χ1v) is 11.2. The number of carbonyl (C=O) groups excluding carboxylic acids is 2. The Morgan fingerprint density at radius 1 is 1.15 bits per heavy atom. The number of carbonyl (C=O) groups is 2. The molecule has 1 amide bonds. The molecule has 33 heavy (non-hydrogen) atoms. The molecular formula is C24H21N3O5S. The van der Waals surface area contributed by atoms with Gasteiger partial charge in [-0.25, -0.2) is 9.48 Å². The summed E-state index contributed by atoms with van der Waals surface area (Å²) in [7, 11) is 0. The number of aromatic nitrogens is 2. The number of para-hydroxylation sites is 1. The van der Waals surface area contributed by atoms with Gasteiger partial charge in [-0.3, -0.25) is 4.79 Å². The van der Waals surface area contributed by atoms with Gasteiger partial charge in [0.1, 0.15) is 9.71 Å². The predicted octanol–water partition coefficient (Wildman–Crippen LogP) is 3.99. The first-order valence-electron chi connectivity index (χ1n) is 10.4. The van der Waals surface area contributed by atoms with E-state index in [1.54, 1.807) is 19.1 Å². The second-order valence-corrected chi connectivity index (χ2v) is 8.65. The van der Waals surface area contributed by atoms with Crippen molar-refractivity contribution in [3.8, 4) is 17.2 Å². The second-order valence-electron chi connectivity index (χ2n) is 7.62. The first kappa shape index (κ1) is 21.0. The Labute approximate surface area is 193 Å². The van der Waals surface area contributed by atoms with Crippen LogP contribution >= 0.6 is 11.3 Å². The number of thiophene rings is 1. The van der Waals surface area contributed by atoms with Crippen LogP contribution in [-0.2, 0) is 16.1 Å². The Bertz CT molecular complexity index is 1350. The second kappa shape index (κ2) is 8.59. The molecule has 1 aliphatic heterocycles. The van der Waals surface area contributed by atoms with Gasteiger partial charge in [0.2, 0.25) is 6.79 Å². The molecule has 0 saturated carbocycles. The zero-order chi connectivity index (χ0) is 22.9. The smallest absolute Gasteiger partial charge is 0.349 e. The van der Waals surface area contributed by atoms with Gasteiger partial charge in [0, 0.05) is 11.9 Å². The minimum Gasteiger partial charge on any atom is -0.454 e. The molecule has 1 unspecified atom stereocenters. The van der Waals surface area contributed by atoms with Crippen molar-refractivity contribution in [3.63, 3.8) is 0 Å². The molecule has 9 heteroatoms. The molecule has 5 rings (SSSR count). The van der Waals surface area contributed by atoms with E-state index < -0.39 is 12.1 Å². The van der Waals surface area contributed by atoms with Crippen LogP contribution in [0.15, 0.2) is 54.6 Å². The highest BCUT2D eigenvalue weighted by Crippen LogP contribution is 2.33. The van der Waals surface area contributed by atoms with Gasteiger partial charge in [-0.2, -0.15) is 5.10 Å². The fraction of sp³-hybridized carbons (Fsp3) is 0.208. The molecular weight excluding hydrogens is 442 g/mol. The average Bonchev–Trinajstić information content (AvgIpc) is 3.54. The van der Waals surface area contributed by atoms with E-state index in [9.17, 15) is 9.59 Å². The van der Waals surface area contributed by atoms with E-state index in [4.69, 9.17) is 14.2 Å². The molecule has 0 radical (unpaired) electrons. The van der Waals surface area contributed by atoms with Crippen molar-refractivity contribution in [1.82, 2.24) is 15.1 Å². The van der Waals surface area contributed by atoms with Crippen molar-refractivity contribution >= 4 is 33.4 Å². The van der Waals surface area contributed by atoms with Crippen LogP contribution in [0.1, 0.15) is 27.9 Å². The normalized spacial score (nSPS) is 13.2. The molecule has 1 atom stereocenters. The molecule has 3 heterocycles. The zero-order valence-corrected chi connectivity index (χ0v) is 18.8. The van der Waals surface area contributed by atoms with Crippen molar-refractivity contribution in [2.24, 2.45) is 0 Å². The minimum absolute atomic E-state index is 0.193. The van der Waals surface area contributed by atoms with Crippen LogP contribution < -0.4 is 14.8 Å². The number of nitrogens with zero attached hydrogens (tertiary/aromatic N) is 2. The molecule has 8 nitrogen and oxygen atoms in total. The Morgan fingerprint density at radius 2 is 1.94 bits per heavy atom. The van der Waals surface area contributed by atoms with Gasteiger partial charge in [0.05, 0.1) is 11.4 Å². The van der Waals surface area contributed by atoms with Crippen molar-refractivity contribution in [2.75, 3.05) is 6.79 Å². The molecule has 0 saturated heterocycles. The third-order valence-electron chi connectivity index (χ3n) is 5.30. The largest absolute Gasteiger partial charge is 0.454 e. The van der Waals surface area contributed by atoms with Crippen LogP contribution in [0, 0.1) is 6.92 Å². The lowest BCUT2D eigenvalue weighted by molar-refractivity contribution is -0.129. The van der Waals surface area contributed by atoms with Crippen molar-refractivity contribution in [1.29, 1.82) is 0 Å². The number of nitrogens with one attached hydrogen (secondary N) is 1. The highest BCUT2D eigenvalue weighted by molar-refractivity contribution is 7.20. The summed E-state index contributed by atoms with van der Waals surface area (Å²) in [5, 5.41) is 8.25. The number of aryl methyl sites for hydroxylation is 1. The number of fused-ring (bicyclic) bond motifs is 2. The van der Waals surface area contributed by atoms with E-state index in [-0.39, 0.29) is 19.2 Å². The van der Waals surface area contributed by atoms with E-state index in [1.807, 2.05) is 54.1 Å². The van der Waals surface area contributed by atoms with Gasteiger partial charge in [0.25, 0.3) is 5.91 Å². The predicted molar refractivity (Wildman–Crippen MR) is 123 cm³/mol. The van der Waals surface area contributed by atoms with Crippen LogP contribution in [0.2, 0.25) is 0 Å². The van der Waals surface area contributed by atoms with E-state index in [0.29, 0.717) is 16.4 Å². The summed E-state index contributed by atoms with van der Waals surface area (Å²) in [5.41, 5.74) is 2.59. The summed E-state index contributed by atoms with van der Waals surface area (Å²) in [4.78, 5) is 26.5. The third-order valence-corrected chi connectivity index (χ3v) is 6.39. The lowest BCUT2D eigenvalue weighted by atomic mass is 10.2. The quantitative estimate of drug-likeness (QED) is 0.435. The molecule has 0 bridgehead atoms. The summed E-state index contributed by atoms with van der Waals surface area (Å²) in [5.74, 6) is 0.409. The van der Waals surface area contributed by atoms with Crippen LogP contribution in [0.3, 0.4) is 0 Å². The summed E-state index contributed by atoms with van der Waals surface area (Å²) < 4.78 is 17.9. The van der Waals surface area contributed by atoms with Crippen LogP contribution in [-0.4, -0.2) is 34.6 Å². The SMILES string of the molecule is Cc1nn(-c2ccccc2)c2sc(C(=O)OC(C)C(=O)NCc3ccc4c(c3)OCO4)cc12. The van der Waals surface area contributed by atoms with Crippen molar-refractivity contribution < 1.29 is 23.8 Å². The van der Waals surface area contributed by atoms with E-state index >= 15 is 0 Å². The van der Waals surface area contributed by atoms with E-state index in [1.165, 1.54) is 11.3 Å². The Kier molecular flexibility index (Phi) is 5.47. The summed E-state index contributed by atoms with van der Waals surface area (Å²) in [6, 6.07) is 16.9. The highest BCUT2D eigenvalue weighted by Gasteiger charge is 2.23. The number of ether oxygens (including phenoxy) is 3. The van der Waals surface area contributed by atoms with Gasteiger partial charge in [-0.05, 0) is 49.7 Å². The molecule has 0 fully saturated rings. The number of rotatable bonds is 6. The van der Waals surface area contributed by atoms with Crippen LogP contribution in [0.25, 0.3) is 15.9 Å². The fourth-order valence-electron chi connectivity index (χ4n) is 3.55. The molecule has 0 aliphatic carbocycles. The number of hydrogen-bond donors (Lipinski definition) is 1. The summed E-state index contributed by atoms with van der Waals surface area (Å²) >= 11 is 1.29. The molecule has 2 aromatic heterocycles. The lowest BCUT2D eigenvalue weighted by Crippen LogP contribution is -2.35. The molecule has 1 N–H and O–H groups in total. The zero-order valence-electron chi connectivity index (χ0n) is 18.0. The standard InChI is InChI=1S/C24H21N3O5S/c1-14-18-11-21(33-23(18)27(26-14)17-6-4-3-5-7-17)24(29)32-15(2)22(28)25-12-16-8-9-19-20(10-16)31-13-30-19/h3-11,15H,12-13H2,1-2H3,(H,25,28). The monoisotopic (exact) mass is 463 g/mol.